The predicted octanol–water partition coefficient (Wildman–Crippen LogP) is 5.85. The number of rotatable bonds is 4. The molecule has 0 heterocycles. The second kappa shape index (κ2) is 7.90. The average Bonchev–Trinajstić information content (AvgIpc) is 2.33. The Hall–Kier alpha value is -0.730. The third kappa shape index (κ3) is 6.00. The number of phenols is 1. The van der Waals surface area contributed by atoms with E-state index >= 15 is 0 Å². The molecule has 1 rings (SSSR count). The summed E-state index contributed by atoms with van der Waals surface area (Å²) in [6.45, 7) is 17.3. The first-order chi connectivity index (χ1) is 9.84. The molecule has 3 heteroatoms. The summed E-state index contributed by atoms with van der Waals surface area (Å²) in [6, 6.07) is 4.25. The smallest absolute Gasteiger partial charge is 0.123 e. The molecule has 134 valence electrons. The summed E-state index contributed by atoms with van der Waals surface area (Å²) in [5.74, 6) is 1.09. The van der Waals surface area contributed by atoms with Crippen molar-refractivity contribution in [2.75, 3.05) is 0 Å². The summed E-state index contributed by atoms with van der Waals surface area (Å²) < 4.78 is 0. The largest absolute Gasteiger partial charge is 0.507 e. The second-order valence-electron chi connectivity index (χ2n) is 9.04. The molecule has 3 N–H and O–H groups in total. The van der Waals surface area contributed by atoms with Crippen molar-refractivity contribution < 1.29 is 5.11 Å². The number of benzene rings is 1. The first kappa shape index (κ1) is 22.3. The van der Waals surface area contributed by atoms with E-state index in [4.69, 9.17) is 5.73 Å². The molecule has 0 radical (unpaired) electrons. The molecule has 0 aromatic heterocycles. The van der Waals surface area contributed by atoms with E-state index < -0.39 is 0 Å². The monoisotopic (exact) mass is 341 g/mol. The molecule has 0 fully saturated rings. The molecule has 0 bridgehead atoms. The van der Waals surface area contributed by atoms with Crippen LogP contribution >= 0.6 is 12.4 Å². The van der Waals surface area contributed by atoms with Crippen molar-refractivity contribution in [1.82, 2.24) is 0 Å². The highest BCUT2D eigenvalue weighted by atomic mass is 35.5. The molecule has 0 saturated heterocycles. The van der Waals surface area contributed by atoms with E-state index in [1.54, 1.807) is 0 Å². The van der Waals surface area contributed by atoms with Crippen LogP contribution < -0.4 is 5.73 Å². The summed E-state index contributed by atoms with van der Waals surface area (Å²) in [5, 5.41) is 10.7. The Morgan fingerprint density at radius 3 is 1.61 bits per heavy atom. The number of hydrogen-bond donors (Lipinski definition) is 2. The Bertz CT molecular complexity index is 474. The molecule has 1 atom stereocenters. The molecular weight excluding hydrogens is 306 g/mol. The topological polar surface area (TPSA) is 46.2 Å². The van der Waals surface area contributed by atoms with Crippen molar-refractivity contribution in [2.24, 2.45) is 11.7 Å². The molecule has 1 aromatic carbocycles. The molecular formula is C20H36ClNO. The van der Waals surface area contributed by atoms with Crippen LogP contribution in [0, 0.1) is 5.92 Å². The van der Waals surface area contributed by atoms with Crippen molar-refractivity contribution in [3.8, 4) is 5.75 Å². The number of phenolic OH excluding ortho intramolecular Hbond substituents is 1. The van der Waals surface area contributed by atoms with E-state index in [-0.39, 0.29) is 29.3 Å². The number of aromatic hydroxyl groups is 1. The molecule has 0 spiro atoms. The lowest BCUT2D eigenvalue weighted by molar-refractivity contribution is 0.421. The van der Waals surface area contributed by atoms with Crippen molar-refractivity contribution in [3.63, 3.8) is 0 Å². The van der Waals surface area contributed by atoms with E-state index in [1.165, 1.54) is 0 Å². The first-order valence-electron chi connectivity index (χ1n) is 8.47. The fourth-order valence-electron chi connectivity index (χ4n) is 2.69. The molecule has 2 nitrogen and oxygen atoms in total. The zero-order chi connectivity index (χ0) is 17.3. The van der Waals surface area contributed by atoms with Gasteiger partial charge in [0.2, 0.25) is 0 Å². The lowest BCUT2D eigenvalue weighted by Crippen LogP contribution is -2.20. The minimum Gasteiger partial charge on any atom is -0.507 e. The third-order valence-corrected chi connectivity index (χ3v) is 4.23. The number of halogens is 1. The van der Waals surface area contributed by atoms with Gasteiger partial charge in [-0.3, -0.25) is 0 Å². The molecule has 0 aliphatic carbocycles. The lowest BCUT2D eigenvalue weighted by Gasteiger charge is -2.29. The van der Waals surface area contributed by atoms with Gasteiger partial charge in [0.25, 0.3) is 0 Å². The van der Waals surface area contributed by atoms with Gasteiger partial charge in [-0.15, -0.1) is 12.4 Å². The van der Waals surface area contributed by atoms with Crippen LogP contribution in [0.5, 0.6) is 5.75 Å². The summed E-state index contributed by atoms with van der Waals surface area (Å²) >= 11 is 0. The van der Waals surface area contributed by atoms with Crippen LogP contribution in [0.4, 0.5) is 0 Å². The number of hydrogen-bond acceptors (Lipinski definition) is 2. The quantitative estimate of drug-likeness (QED) is 0.722. The molecule has 0 saturated carbocycles. The van der Waals surface area contributed by atoms with Gasteiger partial charge in [-0.05, 0) is 46.3 Å². The molecule has 0 aliphatic rings. The maximum absolute atomic E-state index is 10.7. The van der Waals surface area contributed by atoms with Crippen LogP contribution in [-0.2, 0) is 10.8 Å². The maximum Gasteiger partial charge on any atom is 0.123 e. The van der Waals surface area contributed by atoms with E-state index in [2.05, 4.69) is 67.5 Å². The molecule has 0 aliphatic heterocycles. The third-order valence-electron chi connectivity index (χ3n) is 4.23. The SMILES string of the molecule is CC(C)CC[C@H](N)c1cc(C(C)(C)C)c(O)c(C(C)(C)C)c1.Cl. The molecule has 23 heavy (non-hydrogen) atoms. The van der Waals surface area contributed by atoms with Crippen LogP contribution in [-0.4, -0.2) is 5.11 Å². The van der Waals surface area contributed by atoms with Crippen LogP contribution in [0.2, 0.25) is 0 Å². The Morgan fingerprint density at radius 2 is 1.30 bits per heavy atom. The molecule has 0 unspecified atom stereocenters. The summed E-state index contributed by atoms with van der Waals surface area (Å²) in [4.78, 5) is 0. The van der Waals surface area contributed by atoms with Gasteiger partial charge < -0.3 is 10.8 Å². The standard InChI is InChI=1S/C20H35NO.ClH/c1-13(2)9-10-17(21)14-11-15(19(3,4)5)18(22)16(12-14)20(6,7)8;/h11-13,17,22H,9-10,21H2,1-8H3;1H/t17-;/m0./s1. The Morgan fingerprint density at radius 1 is 0.913 bits per heavy atom. The van der Waals surface area contributed by atoms with Gasteiger partial charge in [0.05, 0.1) is 0 Å². The maximum atomic E-state index is 10.7. The minimum absolute atomic E-state index is 0. The van der Waals surface area contributed by atoms with Crippen molar-refractivity contribution in [2.45, 2.75) is 85.1 Å². The fraction of sp³-hybridized carbons (Fsp3) is 0.700. The number of nitrogens with two attached hydrogens (primary N) is 1. The van der Waals surface area contributed by atoms with Gasteiger partial charge in [-0.1, -0.05) is 67.5 Å². The normalized spacial score (nSPS) is 13.8. The van der Waals surface area contributed by atoms with Crippen molar-refractivity contribution in [1.29, 1.82) is 0 Å². The molecule has 1 aromatic rings. The van der Waals surface area contributed by atoms with Crippen LogP contribution in [0.3, 0.4) is 0 Å². The van der Waals surface area contributed by atoms with Gasteiger partial charge in [0, 0.05) is 6.04 Å². The van der Waals surface area contributed by atoms with Crippen molar-refractivity contribution >= 4 is 12.4 Å². The summed E-state index contributed by atoms with van der Waals surface area (Å²) in [6.07, 6.45) is 2.10. The lowest BCUT2D eigenvalue weighted by atomic mass is 9.77. The van der Waals surface area contributed by atoms with E-state index in [0.717, 1.165) is 29.5 Å². The zero-order valence-corrected chi connectivity index (χ0v) is 17.0. The van der Waals surface area contributed by atoms with E-state index in [0.29, 0.717) is 11.7 Å². The van der Waals surface area contributed by atoms with Crippen LogP contribution in [0.25, 0.3) is 0 Å². The van der Waals surface area contributed by atoms with Crippen LogP contribution in [0.15, 0.2) is 12.1 Å². The summed E-state index contributed by atoms with van der Waals surface area (Å²) in [7, 11) is 0. The van der Waals surface area contributed by atoms with Gasteiger partial charge in [-0.2, -0.15) is 0 Å². The highest BCUT2D eigenvalue weighted by Crippen LogP contribution is 2.41. The highest BCUT2D eigenvalue weighted by Gasteiger charge is 2.27. The van der Waals surface area contributed by atoms with Gasteiger partial charge in [-0.25, -0.2) is 0 Å². The Kier molecular flexibility index (Phi) is 7.64. The highest BCUT2D eigenvalue weighted by molar-refractivity contribution is 5.85. The first-order valence-corrected chi connectivity index (χ1v) is 8.47. The van der Waals surface area contributed by atoms with Gasteiger partial charge in [0.15, 0.2) is 0 Å². The Balaban J connectivity index is 0.00000484. The van der Waals surface area contributed by atoms with Crippen LogP contribution in [0.1, 0.15) is 91.0 Å². The van der Waals surface area contributed by atoms with Gasteiger partial charge >= 0.3 is 0 Å². The molecule has 0 amide bonds. The second-order valence-corrected chi connectivity index (χ2v) is 9.04. The minimum atomic E-state index is -0.0993. The van der Waals surface area contributed by atoms with E-state index in [9.17, 15) is 5.11 Å². The average molecular weight is 342 g/mol. The van der Waals surface area contributed by atoms with Crippen molar-refractivity contribution in [3.05, 3.63) is 28.8 Å². The summed E-state index contributed by atoms with van der Waals surface area (Å²) in [5.41, 5.74) is 9.37. The van der Waals surface area contributed by atoms with E-state index in [1.807, 2.05) is 0 Å². The zero-order valence-electron chi connectivity index (χ0n) is 16.2. The van der Waals surface area contributed by atoms with Gasteiger partial charge in [0.1, 0.15) is 5.75 Å². The Labute approximate surface area is 149 Å². The fourth-order valence-corrected chi connectivity index (χ4v) is 2.69. The predicted molar refractivity (Wildman–Crippen MR) is 104 cm³/mol.